The lowest BCUT2D eigenvalue weighted by Crippen LogP contribution is -2.51. The fourth-order valence-corrected chi connectivity index (χ4v) is 3.45. The number of β-amino-alcohol motifs (C(OH)–C–C–N with tert-alkyl or cyclic N) is 1. The predicted molar refractivity (Wildman–Crippen MR) is 112 cm³/mol. The van der Waals surface area contributed by atoms with Crippen LogP contribution in [0.15, 0.2) is 24.3 Å². The van der Waals surface area contributed by atoms with E-state index in [4.69, 9.17) is 14.2 Å². The third-order valence-corrected chi connectivity index (χ3v) is 5.03. The summed E-state index contributed by atoms with van der Waals surface area (Å²) in [6, 6.07) is 4.40. The average Bonchev–Trinajstić information content (AvgIpc) is 2.74. The number of methoxy groups -OCH3 is 1. The first-order valence-corrected chi connectivity index (χ1v) is 10.7. The van der Waals surface area contributed by atoms with Crippen LogP contribution in [0.25, 0.3) is 0 Å². The summed E-state index contributed by atoms with van der Waals surface area (Å²) in [5, 5.41) is 10.2. The van der Waals surface area contributed by atoms with Gasteiger partial charge in [0.05, 0.1) is 43.7 Å². The van der Waals surface area contributed by atoms with Gasteiger partial charge in [-0.2, -0.15) is 13.2 Å². The molecule has 1 heterocycles. The molecule has 2 unspecified atom stereocenters. The van der Waals surface area contributed by atoms with Crippen molar-refractivity contribution in [1.82, 2.24) is 9.80 Å². The van der Waals surface area contributed by atoms with Crippen molar-refractivity contribution in [2.24, 2.45) is 0 Å². The minimum atomic E-state index is -4.53. The van der Waals surface area contributed by atoms with Gasteiger partial charge in [0, 0.05) is 45.4 Å². The van der Waals surface area contributed by atoms with Crippen molar-refractivity contribution >= 4 is 5.91 Å². The third kappa shape index (κ3) is 8.67. The molecule has 10 heteroatoms. The minimum Gasteiger partial charge on any atom is -0.389 e. The summed E-state index contributed by atoms with van der Waals surface area (Å²) in [5.41, 5.74) is -0.905. The van der Waals surface area contributed by atoms with E-state index < -0.39 is 23.8 Å². The highest BCUT2D eigenvalue weighted by molar-refractivity contribution is 5.94. The number of alkyl halides is 3. The Morgan fingerprint density at radius 3 is 2.78 bits per heavy atom. The van der Waals surface area contributed by atoms with Crippen LogP contribution in [0.3, 0.4) is 0 Å². The van der Waals surface area contributed by atoms with Gasteiger partial charge in [-0.15, -0.1) is 0 Å². The number of carbonyl (C=O) groups is 1. The highest BCUT2D eigenvalue weighted by Gasteiger charge is 2.32. The number of rotatable bonds is 11. The van der Waals surface area contributed by atoms with Gasteiger partial charge in [-0.3, -0.25) is 9.69 Å². The molecular formula is C22H33F3N2O5. The van der Waals surface area contributed by atoms with Crippen molar-refractivity contribution in [3.8, 4) is 0 Å². The highest BCUT2D eigenvalue weighted by Crippen LogP contribution is 2.29. The fourth-order valence-electron chi connectivity index (χ4n) is 3.45. The Morgan fingerprint density at radius 1 is 1.38 bits per heavy atom. The van der Waals surface area contributed by atoms with Gasteiger partial charge < -0.3 is 24.2 Å². The quantitative estimate of drug-likeness (QED) is 0.544. The second-order valence-corrected chi connectivity index (χ2v) is 8.11. The first-order valence-electron chi connectivity index (χ1n) is 10.7. The van der Waals surface area contributed by atoms with Gasteiger partial charge in [-0.1, -0.05) is 6.07 Å². The van der Waals surface area contributed by atoms with E-state index in [1.54, 1.807) is 0 Å². The van der Waals surface area contributed by atoms with Crippen molar-refractivity contribution in [3.63, 3.8) is 0 Å². The Labute approximate surface area is 187 Å². The molecule has 7 nitrogen and oxygen atoms in total. The lowest BCUT2D eigenvalue weighted by atomic mass is 10.1. The van der Waals surface area contributed by atoms with Crippen LogP contribution in [0.2, 0.25) is 0 Å². The number of aliphatic hydroxyl groups is 1. The standard InChI is InChI=1S/C22H33F3N2O5/c1-16(2)32-15-19(28)12-26-7-10-31-20(13-26)14-27(8-9-30-3)21(29)17-5-4-6-18(11-17)22(23,24)25/h4-6,11,16,19-20,28H,7-10,12-15H2,1-3H3. The Balaban J connectivity index is 2.02. The molecule has 1 aliphatic rings. The second-order valence-electron chi connectivity index (χ2n) is 8.11. The maximum absolute atomic E-state index is 13.1. The molecule has 1 aromatic carbocycles. The number of aliphatic hydroxyl groups excluding tert-OH is 1. The number of carbonyl (C=O) groups excluding carboxylic acids is 1. The largest absolute Gasteiger partial charge is 0.416 e. The Morgan fingerprint density at radius 2 is 2.12 bits per heavy atom. The van der Waals surface area contributed by atoms with E-state index in [0.29, 0.717) is 26.2 Å². The zero-order valence-corrected chi connectivity index (χ0v) is 18.8. The molecule has 0 bridgehead atoms. The van der Waals surface area contributed by atoms with Crippen molar-refractivity contribution in [1.29, 1.82) is 0 Å². The summed E-state index contributed by atoms with van der Waals surface area (Å²) in [6.07, 6.45) is -5.49. The molecule has 0 aromatic heterocycles. The maximum atomic E-state index is 13.1. The van der Waals surface area contributed by atoms with Crippen LogP contribution in [0.5, 0.6) is 0 Å². The van der Waals surface area contributed by atoms with Gasteiger partial charge in [0.2, 0.25) is 0 Å². The van der Waals surface area contributed by atoms with Crippen LogP contribution >= 0.6 is 0 Å². The van der Waals surface area contributed by atoms with Gasteiger partial charge in [0.1, 0.15) is 0 Å². The number of nitrogens with zero attached hydrogens (tertiary/aromatic N) is 2. The van der Waals surface area contributed by atoms with E-state index >= 15 is 0 Å². The molecule has 0 radical (unpaired) electrons. The molecule has 1 saturated heterocycles. The molecule has 2 atom stereocenters. The molecule has 2 rings (SSSR count). The van der Waals surface area contributed by atoms with E-state index in [2.05, 4.69) is 0 Å². The highest BCUT2D eigenvalue weighted by atomic mass is 19.4. The SMILES string of the molecule is COCCN(CC1CN(CC(O)COC(C)C)CCO1)C(=O)c1cccc(C(F)(F)F)c1. The van der Waals surface area contributed by atoms with Crippen LogP contribution in [0.4, 0.5) is 13.2 Å². The molecule has 1 aromatic rings. The molecule has 1 N–H and O–H groups in total. The van der Waals surface area contributed by atoms with E-state index in [1.165, 1.54) is 24.1 Å². The molecule has 1 amide bonds. The topological polar surface area (TPSA) is 71.5 Å². The van der Waals surface area contributed by atoms with Crippen LogP contribution in [-0.2, 0) is 20.4 Å². The summed E-state index contributed by atoms with van der Waals surface area (Å²) in [5.74, 6) is -0.515. The Bertz CT molecular complexity index is 717. The molecule has 32 heavy (non-hydrogen) atoms. The number of amides is 1. The predicted octanol–water partition coefficient (Wildman–Crippen LogP) is 2.28. The monoisotopic (exact) mass is 462 g/mol. The smallest absolute Gasteiger partial charge is 0.389 e. The zero-order chi connectivity index (χ0) is 23.7. The fraction of sp³-hybridized carbons (Fsp3) is 0.682. The van der Waals surface area contributed by atoms with Gasteiger partial charge in [-0.25, -0.2) is 0 Å². The summed E-state index contributed by atoms with van der Waals surface area (Å²) in [4.78, 5) is 16.5. The molecular weight excluding hydrogens is 429 g/mol. The minimum absolute atomic E-state index is 0.0262. The second kappa shape index (κ2) is 12.5. The number of hydrogen-bond donors (Lipinski definition) is 1. The first kappa shape index (κ1) is 26.5. The lowest BCUT2D eigenvalue weighted by Gasteiger charge is -2.36. The van der Waals surface area contributed by atoms with Crippen LogP contribution < -0.4 is 0 Å². The first-order chi connectivity index (χ1) is 15.1. The number of ether oxygens (including phenoxy) is 3. The van der Waals surface area contributed by atoms with Gasteiger partial charge >= 0.3 is 6.18 Å². The summed E-state index contributed by atoms with van der Waals surface area (Å²) >= 11 is 0. The number of benzene rings is 1. The maximum Gasteiger partial charge on any atom is 0.416 e. The van der Waals surface area contributed by atoms with Crippen molar-refractivity contribution in [2.45, 2.75) is 38.3 Å². The summed E-state index contributed by atoms with van der Waals surface area (Å²) in [6.45, 7) is 6.64. The third-order valence-electron chi connectivity index (χ3n) is 5.03. The number of hydrogen-bond acceptors (Lipinski definition) is 6. The molecule has 0 spiro atoms. The average molecular weight is 463 g/mol. The van der Waals surface area contributed by atoms with Crippen LogP contribution in [-0.4, -0.2) is 98.8 Å². The molecule has 0 saturated carbocycles. The molecule has 1 fully saturated rings. The molecule has 0 aliphatic carbocycles. The van der Waals surface area contributed by atoms with Crippen LogP contribution in [0.1, 0.15) is 29.8 Å². The van der Waals surface area contributed by atoms with Crippen molar-refractivity contribution < 1.29 is 37.3 Å². The molecule has 1 aliphatic heterocycles. The Kier molecular flexibility index (Phi) is 10.4. The normalized spacial score (nSPS) is 18.7. The van der Waals surface area contributed by atoms with Gasteiger partial charge in [-0.05, 0) is 32.0 Å². The summed E-state index contributed by atoms with van der Waals surface area (Å²) < 4.78 is 55.5. The van der Waals surface area contributed by atoms with Gasteiger partial charge in [0.25, 0.3) is 5.91 Å². The van der Waals surface area contributed by atoms with Gasteiger partial charge in [0.15, 0.2) is 0 Å². The van der Waals surface area contributed by atoms with E-state index in [0.717, 1.165) is 12.1 Å². The van der Waals surface area contributed by atoms with E-state index in [1.807, 2.05) is 18.7 Å². The zero-order valence-electron chi connectivity index (χ0n) is 18.8. The number of halogens is 3. The van der Waals surface area contributed by atoms with Crippen molar-refractivity contribution in [2.75, 3.05) is 59.7 Å². The number of morpholine rings is 1. The van der Waals surface area contributed by atoms with E-state index in [-0.39, 0.29) is 44.1 Å². The Hall–Kier alpha value is -1.72. The van der Waals surface area contributed by atoms with Crippen LogP contribution in [0, 0.1) is 0 Å². The van der Waals surface area contributed by atoms with E-state index in [9.17, 15) is 23.1 Å². The summed E-state index contributed by atoms with van der Waals surface area (Å²) in [7, 11) is 1.49. The lowest BCUT2D eigenvalue weighted by molar-refractivity contribution is -0.137. The van der Waals surface area contributed by atoms with Crippen molar-refractivity contribution in [3.05, 3.63) is 35.4 Å². The molecule has 182 valence electrons.